The summed E-state index contributed by atoms with van der Waals surface area (Å²) in [7, 11) is 0. The standard InChI is InChI=1S/C9H10NO2/c1-2-10(9(11)12)8-6-4-3-5-7-8/h4-7H,2H2,1H3,(H,11,12). The van der Waals surface area contributed by atoms with Crippen LogP contribution >= 0.6 is 0 Å². The van der Waals surface area contributed by atoms with Crippen molar-refractivity contribution in [2.45, 2.75) is 6.92 Å². The van der Waals surface area contributed by atoms with Crippen molar-refractivity contribution in [3.8, 4) is 0 Å². The first-order chi connectivity index (χ1) is 5.75. The zero-order chi connectivity index (χ0) is 8.97. The first-order valence-electron chi connectivity index (χ1n) is 3.72. The number of amides is 1. The molecule has 3 heteroatoms. The highest BCUT2D eigenvalue weighted by Crippen LogP contribution is 2.11. The Balaban J connectivity index is 2.88. The maximum Gasteiger partial charge on any atom is 0.411 e. The summed E-state index contributed by atoms with van der Waals surface area (Å²) in [6, 6.07) is 9.66. The number of benzene rings is 1. The van der Waals surface area contributed by atoms with E-state index >= 15 is 0 Å². The Hall–Kier alpha value is -1.51. The lowest BCUT2D eigenvalue weighted by Crippen LogP contribution is -2.28. The first kappa shape index (κ1) is 8.59. The average Bonchev–Trinajstić information content (AvgIpc) is 2.07. The summed E-state index contributed by atoms with van der Waals surface area (Å²) >= 11 is 0. The molecule has 0 saturated heterocycles. The Morgan fingerprint density at radius 3 is 2.58 bits per heavy atom. The molecule has 0 aliphatic rings. The second-order valence-corrected chi connectivity index (χ2v) is 2.29. The van der Waals surface area contributed by atoms with E-state index in [0.717, 1.165) is 0 Å². The van der Waals surface area contributed by atoms with Gasteiger partial charge in [0.1, 0.15) is 0 Å². The van der Waals surface area contributed by atoms with E-state index in [0.29, 0.717) is 12.2 Å². The van der Waals surface area contributed by atoms with Crippen LogP contribution in [-0.4, -0.2) is 17.7 Å². The summed E-state index contributed by atoms with van der Waals surface area (Å²) in [4.78, 5) is 11.9. The third-order valence-corrected chi connectivity index (χ3v) is 1.56. The van der Waals surface area contributed by atoms with Gasteiger partial charge in [-0.1, -0.05) is 12.1 Å². The molecule has 0 atom stereocenters. The minimum Gasteiger partial charge on any atom is -0.465 e. The lowest BCUT2D eigenvalue weighted by atomic mass is 10.3. The second-order valence-electron chi connectivity index (χ2n) is 2.29. The molecule has 0 heterocycles. The van der Waals surface area contributed by atoms with Gasteiger partial charge in [0.15, 0.2) is 0 Å². The topological polar surface area (TPSA) is 40.5 Å². The number of carbonyl (C=O) groups is 1. The second kappa shape index (κ2) is 3.76. The van der Waals surface area contributed by atoms with Crippen molar-refractivity contribution in [1.82, 2.24) is 0 Å². The van der Waals surface area contributed by atoms with E-state index in [1.807, 2.05) is 0 Å². The van der Waals surface area contributed by atoms with Crippen molar-refractivity contribution in [2.24, 2.45) is 0 Å². The van der Waals surface area contributed by atoms with Gasteiger partial charge in [-0.25, -0.2) is 4.79 Å². The summed E-state index contributed by atoms with van der Waals surface area (Å²) in [6.07, 6.45) is -0.927. The molecule has 0 aliphatic heterocycles. The van der Waals surface area contributed by atoms with Gasteiger partial charge in [0.05, 0.1) is 0 Å². The minimum atomic E-state index is -0.927. The monoisotopic (exact) mass is 164 g/mol. The molecule has 3 nitrogen and oxygen atoms in total. The molecular formula is C9H10NO2. The van der Waals surface area contributed by atoms with E-state index in [-0.39, 0.29) is 0 Å². The number of anilines is 1. The van der Waals surface area contributed by atoms with Gasteiger partial charge >= 0.3 is 6.09 Å². The Bertz CT molecular complexity index is 258. The first-order valence-corrected chi connectivity index (χ1v) is 3.72. The van der Waals surface area contributed by atoms with Gasteiger partial charge in [-0.05, 0) is 25.1 Å². The summed E-state index contributed by atoms with van der Waals surface area (Å²) in [5, 5.41) is 8.74. The number of rotatable bonds is 2. The van der Waals surface area contributed by atoms with Crippen LogP contribution < -0.4 is 4.90 Å². The van der Waals surface area contributed by atoms with E-state index < -0.39 is 6.09 Å². The zero-order valence-electron chi connectivity index (χ0n) is 6.82. The van der Waals surface area contributed by atoms with Crippen LogP contribution in [0.15, 0.2) is 24.3 Å². The number of nitrogens with zero attached hydrogens (tertiary/aromatic N) is 1. The van der Waals surface area contributed by atoms with Gasteiger partial charge < -0.3 is 5.11 Å². The molecule has 1 N–H and O–H groups in total. The van der Waals surface area contributed by atoms with Gasteiger partial charge in [0, 0.05) is 12.2 Å². The number of hydrogen-bond donors (Lipinski definition) is 1. The van der Waals surface area contributed by atoms with Gasteiger partial charge in [-0.15, -0.1) is 0 Å². The molecule has 1 rings (SSSR count). The minimum absolute atomic E-state index is 0.458. The fourth-order valence-electron chi connectivity index (χ4n) is 0.986. The smallest absolute Gasteiger partial charge is 0.411 e. The van der Waals surface area contributed by atoms with Crippen molar-refractivity contribution in [1.29, 1.82) is 0 Å². The van der Waals surface area contributed by atoms with Gasteiger partial charge in [0.2, 0.25) is 0 Å². The Kier molecular flexibility index (Phi) is 2.69. The van der Waals surface area contributed by atoms with Crippen LogP contribution in [0.1, 0.15) is 6.92 Å². The maximum absolute atomic E-state index is 10.6. The van der Waals surface area contributed by atoms with Crippen molar-refractivity contribution >= 4 is 11.8 Å². The van der Waals surface area contributed by atoms with E-state index in [2.05, 4.69) is 6.07 Å². The molecule has 0 spiro atoms. The van der Waals surface area contributed by atoms with Crippen molar-refractivity contribution in [3.63, 3.8) is 0 Å². The zero-order valence-corrected chi connectivity index (χ0v) is 6.82. The quantitative estimate of drug-likeness (QED) is 0.726. The maximum atomic E-state index is 10.6. The number of hydrogen-bond acceptors (Lipinski definition) is 1. The molecule has 1 amide bonds. The van der Waals surface area contributed by atoms with E-state index in [1.165, 1.54) is 4.90 Å². The lowest BCUT2D eigenvalue weighted by molar-refractivity contribution is 0.202. The molecule has 0 bridgehead atoms. The van der Waals surface area contributed by atoms with Crippen LogP contribution in [0.2, 0.25) is 0 Å². The molecule has 1 aromatic carbocycles. The third-order valence-electron chi connectivity index (χ3n) is 1.56. The predicted molar refractivity (Wildman–Crippen MR) is 46.3 cm³/mol. The molecule has 0 aromatic heterocycles. The average molecular weight is 164 g/mol. The molecule has 0 saturated carbocycles. The predicted octanol–water partition coefficient (Wildman–Crippen LogP) is 1.99. The molecule has 63 valence electrons. The summed E-state index contributed by atoms with van der Waals surface area (Å²) in [5.74, 6) is 0. The Morgan fingerprint density at radius 2 is 2.17 bits per heavy atom. The van der Waals surface area contributed by atoms with Gasteiger partial charge in [0.25, 0.3) is 0 Å². The van der Waals surface area contributed by atoms with Gasteiger partial charge in [-0.3, -0.25) is 4.90 Å². The molecule has 0 unspecified atom stereocenters. The van der Waals surface area contributed by atoms with Crippen molar-refractivity contribution < 1.29 is 9.90 Å². The molecule has 1 radical (unpaired) electrons. The van der Waals surface area contributed by atoms with E-state index in [9.17, 15) is 4.79 Å². The van der Waals surface area contributed by atoms with Crippen LogP contribution in [0, 0.1) is 6.07 Å². The normalized spacial score (nSPS) is 9.42. The fraction of sp³-hybridized carbons (Fsp3) is 0.222. The Labute approximate surface area is 71.2 Å². The van der Waals surface area contributed by atoms with Gasteiger partial charge in [-0.2, -0.15) is 0 Å². The molecule has 1 aromatic rings. The van der Waals surface area contributed by atoms with Crippen LogP contribution in [0.4, 0.5) is 10.5 Å². The van der Waals surface area contributed by atoms with Crippen LogP contribution in [0.5, 0.6) is 0 Å². The lowest BCUT2D eigenvalue weighted by Gasteiger charge is -2.16. The van der Waals surface area contributed by atoms with E-state index in [1.54, 1.807) is 31.2 Å². The molecule has 0 fully saturated rings. The van der Waals surface area contributed by atoms with E-state index in [4.69, 9.17) is 5.11 Å². The summed E-state index contributed by atoms with van der Waals surface area (Å²) in [6.45, 7) is 2.25. The van der Waals surface area contributed by atoms with Crippen LogP contribution in [0.3, 0.4) is 0 Å². The highest BCUT2D eigenvalue weighted by Gasteiger charge is 2.09. The van der Waals surface area contributed by atoms with Crippen molar-refractivity contribution in [2.75, 3.05) is 11.4 Å². The third kappa shape index (κ3) is 1.75. The molecule has 0 aliphatic carbocycles. The van der Waals surface area contributed by atoms with Crippen LogP contribution in [-0.2, 0) is 0 Å². The van der Waals surface area contributed by atoms with Crippen LogP contribution in [0.25, 0.3) is 0 Å². The highest BCUT2D eigenvalue weighted by molar-refractivity contribution is 5.85. The molecule has 12 heavy (non-hydrogen) atoms. The largest absolute Gasteiger partial charge is 0.465 e. The molecular weight excluding hydrogens is 154 g/mol. The summed E-state index contributed by atoms with van der Waals surface area (Å²) < 4.78 is 0. The highest BCUT2D eigenvalue weighted by atomic mass is 16.4. The summed E-state index contributed by atoms with van der Waals surface area (Å²) in [5.41, 5.74) is 0.684. The Morgan fingerprint density at radius 1 is 1.58 bits per heavy atom. The fourth-order valence-corrected chi connectivity index (χ4v) is 0.986. The number of carboxylic acid groups (broad SMARTS) is 1. The van der Waals surface area contributed by atoms with Crippen molar-refractivity contribution in [3.05, 3.63) is 30.3 Å². The SMILES string of the molecule is CCN(C(=O)O)c1cc[c]cc1.